The van der Waals surface area contributed by atoms with Crippen molar-refractivity contribution in [3.05, 3.63) is 51.7 Å². The highest BCUT2D eigenvalue weighted by molar-refractivity contribution is 7.10. The van der Waals surface area contributed by atoms with Gasteiger partial charge < -0.3 is 10.4 Å². The van der Waals surface area contributed by atoms with Crippen molar-refractivity contribution in [3.63, 3.8) is 0 Å². The molecule has 0 spiro atoms. The van der Waals surface area contributed by atoms with Crippen LogP contribution in [0, 0.1) is 11.3 Å². The molecule has 1 heterocycles. The molecule has 0 radical (unpaired) electrons. The highest BCUT2D eigenvalue weighted by Gasteiger charge is 1.99. The minimum absolute atomic E-state index is 0.283. The molecule has 0 saturated heterocycles. The Morgan fingerprint density at radius 2 is 2.00 bits per heavy atom. The number of phenols is 1. The minimum atomic E-state index is 0.283. The maximum Gasteiger partial charge on any atom is 0.115 e. The topological polar surface area (TPSA) is 56.0 Å². The van der Waals surface area contributed by atoms with Gasteiger partial charge in [0.05, 0.1) is 5.56 Å². The van der Waals surface area contributed by atoms with Gasteiger partial charge in [-0.05, 0) is 23.8 Å². The first-order chi connectivity index (χ1) is 8.28. The van der Waals surface area contributed by atoms with E-state index >= 15 is 0 Å². The molecule has 4 heteroatoms. The highest BCUT2D eigenvalue weighted by Crippen LogP contribution is 2.14. The van der Waals surface area contributed by atoms with E-state index in [2.05, 4.69) is 11.4 Å². The van der Waals surface area contributed by atoms with Crippen LogP contribution in [0.5, 0.6) is 5.75 Å². The number of hydrogen-bond donors (Lipinski definition) is 2. The Hall–Kier alpha value is -1.83. The van der Waals surface area contributed by atoms with E-state index in [1.165, 1.54) is 0 Å². The zero-order valence-electron chi connectivity index (χ0n) is 9.18. The summed E-state index contributed by atoms with van der Waals surface area (Å²) in [5.41, 5.74) is 1.84. The molecular formula is C13H12N2OS. The molecule has 0 aliphatic heterocycles. The van der Waals surface area contributed by atoms with Gasteiger partial charge in [-0.1, -0.05) is 12.1 Å². The summed E-state index contributed by atoms with van der Waals surface area (Å²) < 4.78 is 0. The molecule has 17 heavy (non-hydrogen) atoms. The largest absolute Gasteiger partial charge is 0.508 e. The zero-order chi connectivity index (χ0) is 12.1. The maximum atomic E-state index is 9.14. The van der Waals surface area contributed by atoms with Crippen LogP contribution in [-0.4, -0.2) is 5.11 Å². The second kappa shape index (κ2) is 5.48. The van der Waals surface area contributed by atoms with Gasteiger partial charge in [0, 0.05) is 23.3 Å². The predicted molar refractivity (Wildman–Crippen MR) is 67.7 cm³/mol. The lowest BCUT2D eigenvalue weighted by Gasteiger charge is -2.03. The van der Waals surface area contributed by atoms with Crippen LogP contribution < -0.4 is 5.32 Å². The fraction of sp³-hybridized carbons (Fsp3) is 0.154. The maximum absolute atomic E-state index is 9.14. The Bertz CT molecular complexity index is 525. The van der Waals surface area contributed by atoms with Crippen LogP contribution in [0.4, 0.5) is 0 Å². The second-order valence-electron chi connectivity index (χ2n) is 3.68. The molecule has 2 N–H and O–H groups in total. The first-order valence-electron chi connectivity index (χ1n) is 5.24. The number of nitriles is 1. The number of phenolic OH excluding ortho intramolecular Hbond substituents is 1. The molecule has 1 aromatic heterocycles. The summed E-state index contributed by atoms with van der Waals surface area (Å²) >= 11 is 1.59. The van der Waals surface area contributed by atoms with Gasteiger partial charge in [-0.15, -0.1) is 11.3 Å². The molecule has 0 aliphatic rings. The van der Waals surface area contributed by atoms with Crippen LogP contribution in [0.25, 0.3) is 0 Å². The van der Waals surface area contributed by atoms with Crippen LogP contribution in [-0.2, 0) is 13.1 Å². The lowest BCUT2D eigenvalue weighted by Crippen LogP contribution is -2.11. The van der Waals surface area contributed by atoms with E-state index < -0.39 is 0 Å². The normalized spacial score (nSPS) is 10.1. The van der Waals surface area contributed by atoms with Crippen molar-refractivity contribution in [2.24, 2.45) is 0 Å². The third kappa shape index (κ3) is 3.31. The molecule has 0 unspecified atom stereocenters. The Morgan fingerprint density at radius 1 is 1.24 bits per heavy atom. The Labute approximate surface area is 104 Å². The van der Waals surface area contributed by atoms with Gasteiger partial charge in [-0.25, -0.2) is 0 Å². The average Bonchev–Trinajstić information content (AvgIpc) is 2.80. The van der Waals surface area contributed by atoms with E-state index in [-0.39, 0.29) is 5.75 Å². The smallest absolute Gasteiger partial charge is 0.115 e. The van der Waals surface area contributed by atoms with Crippen LogP contribution >= 0.6 is 11.3 Å². The molecule has 0 amide bonds. The average molecular weight is 244 g/mol. The third-order valence-electron chi connectivity index (χ3n) is 2.35. The van der Waals surface area contributed by atoms with Crippen LogP contribution in [0.15, 0.2) is 35.7 Å². The van der Waals surface area contributed by atoms with Crippen molar-refractivity contribution in [3.8, 4) is 11.8 Å². The van der Waals surface area contributed by atoms with Gasteiger partial charge in [-0.2, -0.15) is 5.26 Å². The van der Waals surface area contributed by atoms with E-state index in [1.54, 1.807) is 23.5 Å². The lowest BCUT2D eigenvalue weighted by atomic mass is 10.2. The molecule has 2 aromatic rings. The fourth-order valence-corrected chi connectivity index (χ4v) is 2.26. The molecular weight excluding hydrogens is 232 g/mol. The van der Waals surface area contributed by atoms with E-state index in [0.717, 1.165) is 29.1 Å². The molecule has 0 fully saturated rings. The molecule has 86 valence electrons. The summed E-state index contributed by atoms with van der Waals surface area (Å²) in [5, 5.41) is 23.0. The van der Waals surface area contributed by atoms with Gasteiger partial charge in [0.2, 0.25) is 0 Å². The number of aromatic hydroxyl groups is 1. The summed E-state index contributed by atoms with van der Waals surface area (Å²) in [6.45, 7) is 1.51. The molecule has 0 saturated carbocycles. The number of nitrogens with zero attached hydrogens (tertiary/aromatic N) is 1. The standard InChI is InChI=1S/C13H12N2OS/c14-6-11-5-13(17-9-11)8-15-7-10-1-3-12(16)4-2-10/h1-5,9,15-16H,7-8H2. The van der Waals surface area contributed by atoms with Crippen molar-refractivity contribution < 1.29 is 5.11 Å². The number of hydrogen-bond acceptors (Lipinski definition) is 4. The molecule has 3 nitrogen and oxygen atoms in total. The zero-order valence-corrected chi connectivity index (χ0v) is 10.00. The van der Waals surface area contributed by atoms with Gasteiger partial charge >= 0.3 is 0 Å². The molecule has 1 aromatic carbocycles. The minimum Gasteiger partial charge on any atom is -0.508 e. The summed E-state index contributed by atoms with van der Waals surface area (Å²) in [6, 6.07) is 11.1. The number of nitrogens with one attached hydrogen (secondary N) is 1. The van der Waals surface area contributed by atoms with Gasteiger partial charge in [0.25, 0.3) is 0 Å². The van der Waals surface area contributed by atoms with Crippen molar-refractivity contribution in [2.75, 3.05) is 0 Å². The molecule has 0 aliphatic carbocycles. The third-order valence-corrected chi connectivity index (χ3v) is 3.28. The first kappa shape index (κ1) is 11.6. The SMILES string of the molecule is N#Cc1csc(CNCc2ccc(O)cc2)c1. The summed E-state index contributed by atoms with van der Waals surface area (Å²) in [7, 11) is 0. The molecule has 0 bridgehead atoms. The summed E-state index contributed by atoms with van der Waals surface area (Å²) in [4.78, 5) is 1.15. The van der Waals surface area contributed by atoms with Crippen molar-refractivity contribution >= 4 is 11.3 Å². The Kier molecular flexibility index (Phi) is 3.76. The molecule has 2 rings (SSSR count). The van der Waals surface area contributed by atoms with Crippen LogP contribution in [0.3, 0.4) is 0 Å². The Morgan fingerprint density at radius 3 is 2.65 bits per heavy atom. The lowest BCUT2D eigenvalue weighted by molar-refractivity contribution is 0.475. The first-order valence-corrected chi connectivity index (χ1v) is 6.12. The van der Waals surface area contributed by atoms with Gasteiger partial charge in [0.15, 0.2) is 0 Å². The summed E-state index contributed by atoms with van der Waals surface area (Å²) in [6.07, 6.45) is 0. The number of thiophene rings is 1. The monoisotopic (exact) mass is 244 g/mol. The highest BCUT2D eigenvalue weighted by atomic mass is 32.1. The van der Waals surface area contributed by atoms with Crippen molar-refractivity contribution in [2.45, 2.75) is 13.1 Å². The Balaban J connectivity index is 1.83. The fourth-order valence-electron chi connectivity index (χ4n) is 1.48. The predicted octanol–water partition coefficient (Wildman–Crippen LogP) is 2.62. The quantitative estimate of drug-likeness (QED) is 0.869. The van der Waals surface area contributed by atoms with E-state index in [0.29, 0.717) is 0 Å². The summed E-state index contributed by atoms with van der Waals surface area (Å²) in [5.74, 6) is 0.283. The van der Waals surface area contributed by atoms with Crippen molar-refractivity contribution in [1.82, 2.24) is 5.32 Å². The molecule has 0 atom stereocenters. The van der Waals surface area contributed by atoms with Crippen LogP contribution in [0.1, 0.15) is 16.0 Å². The second-order valence-corrected chi connectivity index (χ2v) is 4.68. The van der Waals surface area contributed by atoms with Crippen molar-refractivity contribution in [1.29, 1.82) is 5.26 Å². The van der Waals surface area contributed by atoms with E-state index in [9.17, 15) is 0 Å². The van der Waals surface area contributed by atoms with E-state index in [4.69, 9.17) is 10.4 Å². The number of rotatable bonds is 4. The van der Waals surface area contributed by atoms with Gasteiger partial charge in [0.1, 0.15) is 11.8 Å². The number of benzene rings is 1. The van der Waals surface area contributed by atoms with Crippen LogP contribution in [0.2, 0.25) is 0 Å². The van der Waals surface area contributed by atoms with E-state index in [1.807, 2.05) is 23.6 Å². The van der Waals surface area contributed by atoms with Gasteiger partial charge in [-0.3, -0.25) is 0 Å².